The van der Waals surface area contributed by atoms with Crippen LogP contribution >= 0.6 is 0 Å². The summed E-state index contributed by atoms with van der Waals surface area (Å²) in [5, 5.41) is 21.4. The molecule has 0 amide bonds. The van der Waals surface area contributed by atoms with Crippen molar-refractivity contribution in [2.24, 2.45) is 29.1 Å². The molecule has 2 N–H and O–H groups in total. The fourth-order valence-electron chi connectivity index (χ4n) is 5.59. The van der Waals surface area contributed by atoms with Crippen LogP contribution in [0.2, 0.25) is 0 Å². The van der Waals surface area contributed by atoms with Gasteiger partial charge in [-0.25, -0.2) is 0 Å². The fourth-order valence-corrected chi connectivity index (χ4v) is 5.59. The molecule has 1 aliphatic carbocycles. The molecule has 1 aromatic carbocycles. The van der Waals surface area contributed by atoms with Crippen molar-refractivity contribution >= 4 is 0 Å². The first-order chi connectivity index (χ1) is 12.6. The first kappa shape index (κ1) is 23.3. The number of aliphatic hydroxyl groups is 1. The Morgan fingerprint density at radius 1 is 1.00 bits per heavy atom. The monoisotopic (exact) mass is 388 g/mol. The van der Waals surface area contributed by atoms with Crippen molar-refractivity contribution in [1.82, 2.24) is 0 Å². The van der Waals surface area contributed by atoms with Gasteiger partial charge < -0.3 is 10.2 Å². The Morgan fingerprint density at radius 2 is 1.57 bits per heavy atom. The van der Waals surface area contributed by atoms with Crippen LogP contribution in [-0.4, -0.2) is 16.3 Å². The van der Waals surface area contributed by atoms with E-state index in [0.29, 0.717) is 35.3 Å². The molecule has 0 saturated heterocycles. The molecule has 28 heavy (non-hydrogen) atoms. The quantitative estimate of drug-likeness (QED) is 0.597. The second-order valence-electron chi connectivity index (χ2n) is 11.9. The number of hydrogen-bond acceptors (Lipinski definition) is 2. The van der Waals surface area contributed by atoms with E-state index < -0.39 is 0 Å². The van der Waals surface area contributed by atoms with Crippen LogP contribution in [0.15, 0.2) is 12.1 Å². The molecule has 1 saturated carbocycles. The van der Waals surface area contributed by atoms with Gasteiger partial charge in [-0.05, 0) is 82.9 Å². The second-order valence-corrected chi connectivity index (χ2v) is 11.9. The highest BCUT2D eigenvalue weighted by molar-refractivity contribution is 5.46. The Labute approximate surface area is 173 Å². The zero-order valence-corrected chi connectivity index (χ0v) is 19.9. The van der Waals surface area contributed by atoms with Crippen molar-refractivity contribution in [3.05, 3.63) is 28.8 Å². The SMILES string of the molecule is Cc1cc(O)c(C(C)(C)C)cc1C(C(C)C)C1C[C@H](C(C)(C)C)C(O)CC1C. The number of aryl methyl sites for hydroxylation is 1. The number of aromatic hydroxyl groups is 1. The van der Waals surface area contributed by atoms with E-state index in [1.165, 1.54) is 11.1 Å². The highest BCUT2D eigenvalue weighted by atomic mass is 16.3. The maximum Gasteiger partial charge on any atom is 0.119 e. The van der Waals surface area contributed by atoms with Gasteiger partial charge >= 0.3 is 0 Å². The summed E-state index contributed by atoms with van der Waals surface area (Å²) in [5.41, 5.74) is 3.64. The van der Waals surface area contributed by atoms with Gasteiger partial charge in [-0.3, -0.25) is 0 Å². The molecular weight excluding hydrogens is 344 g/mol. The Morgan fingerprint density at radius 3 is 2.04 bits per heavy atom. The third-order valence-corrected chi connectivity index (χ3v) is 7.18. The van der Waals surface area contributed by atoms with Gasteiger partial charge in [-0.15, -0.1) is 0 Å². The van der Waals surface area contributed by atoms with E-state index in [9.17, 15) is 10.2 Å². The van der Waals surface area contributed by atoms with Crippen molar-refractivity contribution in [2.75, 3.05) is 0 Å². The summed E-state index contributed by atoms with van der Waals surface area (Å²) in [7, 11) is 0. The predicted molar refractivity (Wildman–Crippen MR) is 120 cm³/mol. The minimum Gasteiger partial charge on any atom is -0.508 e. The number of rotatable bonds is 3. The van der Waals surface area contributed by atoms with Crippen molar-refractivity contribution in [3.63, 3.8) is 0 Å². The summed E-state index contributed by atoms with van der Waals surface area (Å²) in [5.74, 6) is 2.73. The van der Waals surface area contributed by atoms with E-state index in [4.69, 9.17) is 0 Å². The molecule has 1 fully saturated rings. The van der Waals surface area contributed by atoms with Crippen LogP contribution in [0.4, 0.5) is 0 Å². The van der Waals surface area contributed by atoms with E-state index in [2.05, 4.69) is 75.3 Å². The number of hydrogen-bond donors (Lipinski definition) is 2. The van der Waals surface area contributed by atoms with E-state index in [1.807, 2.05) is 6.07 Å². The van der Waals surface area contributed by atoms with Gasteiger partial charge in [0.15, 0.2) is 0 Å². The van der Waals surface area contributed by atoms with Gasteiger partial charge in [0.25, 0.3) is 0 Å². The molecule has 160 valence electrons. The molecule has 5 atom stereocenters. The third-order valence-electron chi connectivity index (χ3n) is 7.18. The van der Waals surface area contributed by atoms with Crippen LogP contribution in [-0.2, 0) is 5.41 Å². The number of benzene rings is 1. The van der Waals surface area contributed by atoms with Crippen LogP contribution in [0.1, 0.15) is 97.8 Å². The average Bonchev–Trinajstić information content (AvgIpc) is 2.48. The molecule has 0 bridgehead atoms. The minimum atomic E-state index is -0.204. The average molecular weight is 389 g/mol. The van der Waals surface area contributed by atoms with Crippen LogP contribution < -0.4 is 0 Å². The summed E-state index contributed by atoms with van der Waals surface area (Å²) in [6, 6.07) is 4.24. The molecule has 0 spiro atoms. The van der Waals surface area contributed by atoms with E-state index in [0.717, 1.165) is 18.4 Å². The van der Waals surface area contributed by atoms with Crippen molar-refractivity contribution in [1.29, 1.82) is 0 Å². The molecular formula is C26H44O2. The lowest BCUT2D eigenvalue weighted by atomic mass is 9.59. The van der Waals surface area contributed by atoms with Crippen LogP contribution in [0.25, 0.3) is 0 Å². The molecule has 0 radical (unpaired) electrons. The summed E-state index contributed by atoms with van der Waals surface area (Å²) >= 11 is 0. The molecule has 0 aliphatic heterocycles. The summed E-state index contributed by atoms with van der Waals surface area (Å²) in [6.07, 6.45) is 1.75. The molecule has 2 heteroatoms. The van der Waals surface area contributed by atoms with Gasteiger partial charge in [0.05, 0.1) is 6.10 Å². The van der Waals surface area contributed by atoms with Crippen LogP contribution in [0.5, 0.6) is 5.75 Å². The zero-order chi connectivity index (χ0) is 21.6. The Bertz CT molecular complexity index is 675. The lowest BCUT2D eigenvalue weighted by Crippen LogP contribution is -2.43. The highest BCUT2D eigenvalue weighted by Gasteiger charge is 2.44. The van der Waals surface area contributed by atoms with Gasteiger partial charge in [0.1, 0.15) is 5.75 Å². The molecule has 0 aromatic heterocycles. The Balaban J connectivity index is 2.54. The van der Waals surface area contributed by atoms with Gasteiger partial charge in [0.2, 0.25) is 0 Å². The summed E-state index contributed by atoms with van der Waals surface area (Å²) < 4.78 is 0. The number of phenols is 1. The predicted octanol–water partition coefficient (Wildman–Crippen LogP) is 6.81. The Kier molecular flexibility index (Phi) is 6.66. The maximum atomic E-state index is 10.8. The first-order valence-corrected chi connectivity index (χ1v) is 11.2. The molecule has 1 aliphatic rings. The van der Waals surface area contributed by atoms with Crippen molar-refractivity contribution in [2.45, 2.75) is 99.5 Å². The zero-order valence-electron chi connectivity index (χ0n) is 19.9. The van der Waals surface area contributed by atoms with Gasteiger partial charge in [-0.2, -0.15) is 0 Å². The highest BCUT2D eigenvalue weighted by Crippen LogP contribution is 2.51. The lowest BCUT2D eigenvalue weighted by molar-refractivity contribution is -0.0388. The summed E-state index contributed by atoms with van der Waals surface area (Å²) in [4.78, 5) is 0. The maximum absolute atomic E-state index is 10.8. The third kappa shape index (κ3) is 4.75. The molecule has 2 rings (SSSR count). The fraction of sp³-hybridized carbons (Fsp3) is 0.769. The molecule has 1 aromatic rings. The van der Waals surface area contributed by atoms with Gasteiger partial charge in [0, 0.05) is 0 Å². The van der Waals surface area contributed by atoms with Crippen molar-refractivity contribution in [3.8, 4) is 5.75 Å². The normalized spacial score (nSPS) is 27.9. The largest absolute Gasteiger partial charge is 0.508 e. The van der Waals surface area contributed by atoms with Gasteiger partial charge in [-0.1, -0.05) is 68.4 Å². The standard InChI is InChI=1S/C26H44O2/c1-15(2)24(18-13-20(25(5,6)7)22(27)11-16(18)3)19-14-21(26(8,9)10)23(28)12-17(19)4/h11,13,15,17,19,21,23-24,27-28H,12,14H2,1-10H3/t17?,19?,21-,23?,24?/m0/s1. The van der Waals surface area contributed by atoms with E-state index >= 15 is 0 Å². The number of aliphatic hydroxyl groups excluding tert-OH is 1. The van der Waals surface area contributed by atoms with Crippen LogP contribution in [0.3, 0.4) is 0 Å². The smallest absolute Gasteiger partial charge is 0.119 e. The lowest BCUT2D eigenvalue weighted by Gasteiger charge is -2.48. The first-order valence-electron chi connectivity index (χ1n) is 11.2. The topological polar surface area (TPSA) is 40.5 Å². The van der Waals surface area contributed by atoms with Crippen molar-refractivity contribution < 1.29 is 10.2 Å². The van der Waals surface area contributed by atoms with E-state index in [-0.39, 0.29) is 16.9 Å². The van der Waals surface area contributed by atoms with Crippen LogP contribution in [0, 0.1) is 36.0 Å². The summed E-state index contributed by atoms with van der Waals surface area (Å²) in [6.45, 7) is 22.4. The Hall–Kier alpha value is -1.02. The minimum absolute atomic E-state index is 0.0869. The molecule has 4 unspecified atom stereocenters. The second kappa shape index (κ2) is 8.01. The number of phenolic OH excluding ortho intramolecular Hbond substituents is 1. The molecule has 0 heterocycles. The van der Waals surface area contributed by atoms with E-state index in [1.54, 1.807) is 0 Å². The molecule has 2 nitrogen and oxygen atoms in total.